The van der Waals surface area contributed by atoms with E-state index in [4.69, 9.17) is 4.99 Å². The Hall–Kier alpha value is -0.770. The summed E-state index contributed by atoms with van der Waals surface area (Å²) in [5.41, 5.74) is 0.521. The number of nitrogens with one attached hydrogen (secondary N) is 1. The first kappa shape index (κ1) is 18.6. The summed E-state index contributed by atoms with van der Waals surface area (Å²) in [5.74, 6) is 1.82. The van der Waals surface area contributed by atoms with Crippen LogP contribution in [0.15, 0.2) is 4.99 Å². The Kier molecular flexibility index (Phi) is 5.65. The molecule has 0 aliphatic carbocycles. The molecule has 0 aromatic carbocycles. The van der Waals surface area contributed by atoms with E-state index in [2.05, 4.69) is 63.6 Å². The molecule has 4 nitrogen and oxygen atoms in total. The van der Waals surface area contributed by atoms with Crippen molar-refractivity contribution in [3.63, 3.8) is 0 Å². The third kappa shape index (κ3) is 3.84. The Morgan fingerprint density at radius 1 is 1.26 bits per heavy atom. The maximum Gasteiger partial charge on any atom is 0.194 e. The Bertz CT molecular complexity index is 425. The van der Waals surface area contributed by atoms with Gasteiger partial charge in [-0.05, 0) is 59.9 Å². The molecule has 0 aromatic heterocycles. The number of guanidine groups is 1. The molecule has 1 unspecified atom stereocenters. The second-order valence-electron chi connectivity index (χ2n) is 8.82. The number of hydrogen-bond donors (Lipinski definition) is 1. The molecule has 2 heterocycles. The van der Waals surface area contributed by atoms with Crippen molar-refractivity contribution in [3.05, 3.63) is 0 Å². The van der Waals surface area contributed by atoms with Crippen molar-refractivity contribution in [1.82, 2.24) is 15.1 Å². The summed E-state index contributed by atoms with van der Waals surface area (Å²) in [6.45, 7) is 21.6. The maximum absolute atomic E-state index is 5.02. The van der Waals surface area contributed by atoms with Crippen LogP contribution in [0.1, 0.15) is 61.3 Å². The first-order chi connectivity index (χ1) is 10.7. The maximum atomic E-state index is 5.02. The Morgan fingerprint density at radius 2 is 1.96 bits per heavy atom. The lowest BCUT2D eigenvalue weighted by molar-refractivity contribution is -0.0668. The SMILES string of the molecule is CCNC(=NCC1CCCN(C(C)C)C1)N1CC(C)(C)C1(C)C. The van der Waals surface area contributed by atoms with Gasteiger partial charge in [0, 0.05) is 43.2 Å². The van der Waals surface area contributed by atoms with Gasteiger partial charge in [0.05, 0.1) is 0 Å². The van der Waals surface area contributed by atoms with Crippen LogP contribution < -0.4 is 5.32 Å². The number of piperidine rings is 1. The van der Waals surface area contributed by atoms with Gasteiger partial charge >= 0.3 is 0 Å². The summed E-state index contributed by atoms with van der Waals surface area (Å²) in [7, 11) is 0. The molecule has 0 saturated carbocycles. The van der Waals surface area contributed by atoms with E-state index in [9.17, 15) is 0 Å². The van der Waals surface area contributed by atoms with Crippen molar-refractivity contribution >= 4 is 5.96 Å². The molecule has 0 amide bonds. The lowest BCUT2D eigenvalue weighted by atomic mass is 9.65. The molecule has 0 aromatic rings. The van der Waals surface area contributed by atoms with Gasteiger partial charge in [0.2, 0.25) is 0 Å². The van der Waals surface area contributed by atoms with Gasteiger partial charge in [-0.2, -0.15) is 0 Å². The molecule has 2 aliphatic heterocycles. The van der Waals surface area contributed by atoms with E-state index in [0.717, 1.165) is 25.6 Å². The number of likely N-dealkylation sites (tertiary alicyclic amines) is 2. The van der Waals surface area contributed by atoms with Crippen molar-refractivity contribution in [3.8, 4) is 0 Å². The van der Waals surface area contributed by atoms with Crippen LogP contribution in [0, 0.1) is 11.3 Å². The number of aliphatic imine (C=N–C) groups is 1. The molecule has 4 heteroatoms. The topological polar surface area (TPSA) is 30.9 Å². The van der Waals surface area contributed by atoms with E-state index in [1.165, 1.54) is 25.9 Å². The predicted octanol–water partition coefficient (Wildman–Crippen LogP) is 3.19. The molecular weight excluding hydrogens is 284 g/mol. The third-order valence-electron chi connectivity index (χ3n) is 6.25. The number of nitrogens with zero attached hydrogens (tertiary/aromatic N) is 3. The van der Waals surface area contributed by atoms with Crippen LogP contribution in [0.3, 0.4) is 0 Å². The van der Waals surface area contributed by atoms with Crippen molar-refractivity contribution in [2.45, 2.75) is 72.9 Å². The number of hydrogen-bond acceptors (Lipinski definition) is 2. The lowest BCUT2D eigenvalue weighted by Gasteiger charge is -2.62. The van der Waals surface area contributed by atoms with Crippen molar-refractivity contribution in [2.75, 3.05) is 32.7 Å². The largest absolute Gasteiger partial charge is 0.356 e. The molecule has 2 fully saturated rings. The molecule has 134 valence electrons. The Balaban J connectivity index is 2.00. The minimum absolute atomic E-state index is 0.171. The van der Waals surface area contributed by atoms with Crippen LogP contribution in [0.2, 0.25) is 0 Å². The molecule has 1 N–H and O–H groups in total. The Morgan fingerprint density at radius 3 is 2.48 bits per heavy atom. The monoisotopic (exact) mass is 322 g/mol. The van der Waals surface area contributed by atoms with Crippen LogP contribution in [0.5, 0.6) is 0 Å². The predicted molar refractivity (Wildman–Crippen MR) is 100.0 cm³/mol. The Labute approximate surface area is 143 Å². The van der Waals surface area contributed by atoms with Gasteiger partial charge < -0.3 is 15.1 Å². The van der Waals surface area contributed by atoms with Gasteiger partial charge in [-0.1, -0.05) is 13.8 Å². The van der Waals surface area contributed by atoms with E-state index < -0.39 is 0 Å². The fourth-order valence-electron chi connectivity index (χ4n) is 3.73. The highest BCUT2D eigenvalue weighted by atomic mass is 15.4. The zero-order valence-corrected chi connectivity index (χ0v) is 16.4. The second-order valence-corrected chi connectivity index (χ2v) is 8.82. The highest BCUT2D eigenvalue weighted by Crippen LogP contribution is 2.46. The van der Waals surface area contributed by atoms with E-state index in [-0.39, 0.29) is 5.54 Å². The summed E-state index contributed by atoms with van der Waals surface area (Å²) >= 11 is 0. The molecule has 1 atom stereocenters. The zero-order chi connectivity index (χ0) is 17.3. The summed E-state index contributed by atoms with van der Waals surface area (Å²) in [4.78, 5) is 10.1. The quantitative estimate of drug-likeness (QED) is 0.637. The van der Waals surface area contributed by atoms with Crippen LogP contribution in [0.4, 0.5) is 0 Å². The summed E-state index contributed by atoms with van der Waals surface area (Å²) in [6.07, 6.45) is 2.64. The second kappa shape index (κ2) is 7.00. The summed E-state index contributed by atoms with van der Waals surface area (Å²) in [5, 5.41) is 3.51. The van der Waals surface area contributed by atoms with Gasteiger partial charge in [0.25, 0.3) is 0 Å². The lowest BCUT2D eigenvalue weighted by Crippen LogP contribution is -2.72. The normalized spacial score (nSPS) is 27.9. The van der Waals surface area contributed by atoms with Gasteiger partial charge in [0.15, 0.2) is 5.96 Å². The molecule has 0 bridgehead atoms. The van der Waals surface area contributed by atoms with Crippen molar-refractivity contribution in [1.29, 1.82) is 0 Å². The standard InChI is InChI=1S/C19H38N4/c1-8-20-17(23-14-18(4,5)19(23,6)7)21-12-16-10-9-11-22(13-16)15(2)3/h15-16H,8-14H2,1-7H3,(H,20,21). The zero-order valence-electron chi connectivity index (χ0n) is 16.4. The van der Waals surface area contributed by atoms with E-state index >= 15 is 0 Å². The van der Waals surface area contributed by atoms with Gasteiger partial charge in [-0.25, -0.2) is 0 Å². The minimum Gasteiger partial charge on any atom is -0.356 e. The molecule has 23 heavy (non-hydrogen) atoms. The molecular formula is C19H38N4. The average Bonchev–Trinajstić information content (AvgIpc) is 2.49. The summed E-state index contributed by atoms with van der Waals surface area (Å²) < 4.78 is 0. The van der Waals surface area contributed by atoms with E-state index in [1.54, 1.807) is 0 Å². The van der Waals surface area contributed by atoms with Crippen LogP contribution in [0.25, 0.3) is 0 Å². The minimum atomic E-state index is 0.171. The molecule has 2 aliphatic rings. The molecule has 0 spiro atoms. The van der Waals surface area contributed by atoms with Gasteiger partial charge in [0.1, 0.15) is 0 Å². The number of rotatable bonds is 4. The first-order valence-corrected chi connectivity index (χ1v) is 9.49. The molecule has 2 rings (SSSR count). The molecule has 2 saturated heterocycles. The van der Waals surface area contributed by atoms with Crippen LogP contribution >= 0.6 is 0 Å². The molecule has 0 radical (unpaired) electrons. The van der Waals surface area contributed by atoms with Gasteiger partial charge in [-0.15, -0.1) is 0 Å². The highest BCUT2D eigenvalue weighted by Gasteiger charge is 2.53. The fourth-order valence-corrected chi connectivity index (χ4v) is 3.73. The van der Waals surface area contributed by atoms with Crippen LogP contribution in [-0.2, 0) is 0 Å². The van der Waals surface area contributed by atoms with Crippen molar-refractivity contribution in [2.24, 2.45) is 16.3 Å². The highest BCUT2D eigenvalue weighted by molar-refractivity contribution is 5.82. The summed E-state index contributed by atoms with van der Waals surface area (Å²) in [6, 6.07) is 0.658. The fraction of sp³-hybridized carbons (Fsp3) is 0.947. The smallest absolute Gasteiger partial charge is 0.194 e. The van der Waals surface area contributed by atoms with Gasteiger partial charge in [-0.3, -0.25) is 4.99 Å². The van der Waals surface area contributed by atoms with Crippen LogP contribution in [-0.4, -0.2) is 60.1 Å². The average molecular weight is 323 g/mol. The van der Waals surface area contributed by atoms with Crippen molar-refractivity contribution < 1.29 is 0 Å². The first-order valence-electron chi connectivity index (χ1n) is 9.49. The third-order valence-corrected chi connectivity index (χ3v) is 6.25. The van der Waals surface area contributed by atoms with E-state index in [1.807, 2.05) is 0 Å². The van der Waals surface area contributed by atoms with E-state index in [0.29, 0.717) is 17.4 Å².